The molecular weight excluding hydrogens is 297 g/mol. The second-order valence-electron chi connectivity index (χ2n) is 5.03. The molecule has 0 bridgehead atoms. The van der Waals surface area contributed by atoms with Crippen LogP contribution in [0.5, 0.6) is 5.75 Å². The van der Waals surface area contributed by atoms with Crippen LogP contribution in [0.1, 0.15) is 11.7 Å². The van der Waals surface area contributed by atoms with E-state index in [4.69, 9.17) is 4.74 Å². The van der Waals surface area contributed by atoms with Crippen LogP contribution in [-0.2, 0) is 0 Å². The molecule has 3 aromatic rings. The van der Waals surface area contributed by atoms with Crippen molar-refractivity contribution < 1.29 is 14.2 Å². The molecule has 118 valence electrons. The number of rotatable bonds is 5. The van der Waals surface area contributed by atoms with Crippen molar-refractivity contribution >= 4 is 16.7 Å². The van der Waals surface area contributed by atoms with E-state index in [1.807, 2.05) is 0 Å². The summed E-state index contributed by atoms with van der Waals surface area (Å²) < 4.78 is 18.8. The minimum Gasteiger partial charge on any atom is -0.497 e. The standard InChI is InChI=1S/C17H16FN3O2/c1-23-12-7-5-11(6-8-12)15(22)9-19-17-13-3-2-4-14(18)16(13)20-10-21-17/h2-8,10,15,22H,9H2,1H3,(H,19,20,21). The maximum atomic E-state index is 13.7. The number of aliphatic hydroxyl groups is 1. The molecule has 0 amide bonds. The Kier molecular flexibility index (Phi) is 4.34. The first-order chi connectivity index (χ1) is 11.2. The lowest BCUT2D eigenvalue weighted by atomic mass is 10.1. The average molecular weight is 313 g/mol. The van der Waals surface area contributed by atoms with Gasteiger partial charge in [0.15, 0.2) is 0 Å². The summed E-state index contributed by atoms with van der Waals surface area (Å²) in [4.78, 5) is 8.06. The monoisotopic (exact) mass is 313 g/mol. The van der Waals surface area contributed by atoms with Gasteiger partial charge in [0.1, 0.15) is 29.2 Å². The summed E-state index contributed by atoms with van der Waals surface area (Å²) in [6.07, 6.45) is 0.576. The summed E-state index contributed by atoms with van der Waals surface area (Å²) in [5.74, 6) is 0.817. The number of nitrogens with zero attached hydrogens (tertiary/aromatic N) is 2. The molecule has 2 N–H and O–H groups in total. The van der Waals surface area contributed by atoms with Crippen LogP contribution in [0.15, 0.2) is 48.8 Å². The van der Waals surface area contributed by atoms with Crippen LogP contribution in [0.25, 0.3) is 10.9 Å². The molecule has 1 heterocycles. The molecule has 1 aromatic heterocycles. The molecular formula is C17H16FN3O2. The lowest BCUT2D eigenvalue weighted by molar-refractivity contribution is 0.191. The first-order valence-electron chi connectivity index (χ1n) is 7.14. The Bertz CT molecular complexity index is 809. The Morgan fingerprint density at radius 3 is 2.70 bits per heavy atom. The molecule has 0 aliphatic carbocycles. The minimum atomic E-state index is -0.723. The van der Waals surface area contributed by atoms with Crippen molar-refractivity contribution in [3.63, 3.8) is 0 Å². The number of aliphatic hydroxyl groups excluding tert-OH is 1. The van der Waals surface area contributed by atoms with Crippen molar-refractivity contribution in [1.82, 2.24) is 9.97 Å². The zero-order chi connectivity index (χ0) is 16.2. The van der Waals surface area contributed by atoms with E-state index in [0.29, 0.717) is 11.2 Å². The Labute approximate surface area is 132 Å². The number of para-hydroxylation sites is 1. The first kappa shape index (κ1) is 15.2. The zero-order valence-electron chi connectivity index (χ0n) is 12.5. The highest BCUT2D eigenvalue weighted by atomic mass is 19.1. The highest BCUT2D eigenvalue weighted by molar-refractivity contribution is 5.89. The molecule has 0 aliphatic rings. The van der Waals surface area contributed by atoms with Gasteiger partial charge in [0.2, 0.25) is 0 Å². The third-order valence-electron chi connectivity index (χ3n) is 3.58. The van der Waals surface area contributed by atoms with Gasteiger partial charge in [-0.1, -0.05) is 18.2 Å². The van der Waals surface area contributed by atoms with E-state index >= 15 is 0 Å². The van der Waals surface area contributed by atoms with Gasteiger partial charge in [-0.3, -0.25) is 0 Å². The number of fused-ring (bicyclic) bond motifs is 1. The van der Waals surface area contributed by atoms with Crippen molar-refractivity contribution in [1.29, 1.82) is 0 Å². The summed E-state index contributed by atoms with van der Waals surface area (Å²) >= 11 is 0. The third-order valence-corrected chi connectivity index (χ3v) is 3.58. The molecule has 2 aromatic carbocycles. The molecule has 0 fully saturated rings. The normalized spacial score (nSPS) is 12.1. The molecule has 23 heavy (non-hydrogen) atoms. The van der Waals surface area contributed by atoms with Gasteiger partial charge in [0.05, 0.1) is 13.2 Å². The summed E-state index contributed by atoms with van der Waals surface area (Å²) in [5.41, 5.74) is 1.01. The van der Waals surface area contributed by atoms with E-state index in [2.05, 4.69) is 15.3 Å². The summed E-state index contributed by atoms with van der Waals surface area (Å²) in [7, 11) is 1.59. The SMILES string of the molecule is COc1ccc(C(O)CNc2ncnc3c(F)cccc23)cc1. The molecule has 5 nitrogen and oxygen atoms in total. The van der Waals surface area contributed by atoms with E-state index in [0.717, 1.165) is 11.3 Å². The van der Waals surface area contributed by atoms with E-state index in [1.165, 1.54) is 12.4 Å². The predicted molar refractivity (Wildman–Crippen MR) is 85.9 cm³/mol. The van der Waals surface area contributed by atoms with Crippen LogP contribution in [0.2, 0.25) is 0 Å². The average Bonchev–Trinajstić information content (AvgIpc) is 2.60. The Morgan fingerprint density at radius 1 is 1.17 bits per heavy atom. The first-order valence-corrected chi connectivity index (χ1v) is 7.14. The Hall–Kier alpha value is -2.73. The fourth-order valence-corrected chi connectivity index (χ4v) is 2.33. The number of nitrogens with one attached hydrogen (secondary N) is 1. The number of methoxy groups -OCH3 is 1. The Morgan fingerprint density at radius 2 is 1.96 bits per heavy atom. The van der Waals surface area contributed by atoms with Gasteiger partial charge in [-0.25, -0.2) is 14.4 Å². The van der Waals surface area contributed by atoms with Gasteiger partial charge in [-0.2, -0.15) is 0 Å². The lowest BCUT2D eigenvalue weighted by Crippen LogP contribution is -2.13. The molecule has 6 heteroatoms. The van der Waals surface area contributed by atoms with Crippen LogP contribution in [-0.4, -0.2) is 28.7 Å². The van der Waals surface area contributed by atoms with Gasteiger partial charge in [0.25, 0.3) is 0 Å². The summed E-state index contributed by atoms with van der Waals surface area (Å²) in [6.45, 7) is 0.245. The van der Waals surface area contributed by atoms with Crippen LogP contribution in [0, 0.1) is 5.82 Å². The van der Waals surface area contributed by atoms with Crippen molar-refractivity contribution in [2.24, 2.45) is 0 Å². The Balaban J connectivity index is 1.76. The van der Waals surface area contributed by atoms with Crippen LogP contribution in [0.3, 0.4) is 0 Å². The fraction of sp³-hybridized carbons (Fsp3) is 0.176. The lowest BCUT2D eigenvalue weighted by Gasteiger charge is -2.14. The minimum absolute atomic E-state index is 0.245. The molecule has 0 saturated carbocycles. The van der Waals surface area contributed by atoms with E-state index in [1.54, 1.807) is 43.5 Å². The molecule has 0 aliphatic heterocycles. The number of benzene rings is 2. The number of hydrogen-bond donors (Lipinski definition) is 2. The van der Waals surface area contributed by atoms with Gasteiger partial charge in [0, 0.05) is 11.9 Å². The molecule has 3 rings (SSSR count). The van der Waals surface area contributed by atoms with Crippen LogP contribution in [0.4, 0.5) is 10.2 Å². The van der Waals surface area contributed by atoms with Gasteiger partial charge >= 0.3 is 0 Å². The second kappa shape index (κ2) is 6.58. The molecule has 0 radical (unpaired) electrons. The number of hydrogen-bond acceptors (Lipinski definition) is 5. The fourth-order valence-electron chi connectivity index (χ4n) is 2.33. The van der Waals surface area contributed by atoms with Gasteiger partial charge < -0.3 is 15.2 Å². The van der Waals surface area contributed by atoms with E-state index < -0.39 is 11.9 Å². The van der Waals surface area contributed by atoms with E-state index in [-0.39, 0.29) is 12.1 Å². The maximum Gasteiger partial charge on any atom is 0.149 e. The highest BCUT2D eigenvalue weighted by Crippen LogP contribution is 2.23. The summed E-state index contributed by atoms with van der Waals surface area (Å²) in [5, 5.41) is 13.9. The quantitative estimate of drug-likeness (QED) is 0.758. The number of halogens is 1. The largest absolute Gasteiger partial charge is 0.497 e. The van der Waals surface area contributed by atoms with Crippen LogP contribution >= 0.6 is 0 Å². The second-order valence-corrected chi connectivity index (χ2v) is 5.03. The van der Waals surface area contributed by atoms with Crippen molar-refractivity contribution in [3.05, 3.63) is 60.2 Å². The van der Waals surface area contributed by atoms with Crippen molar-refractivity contribution in [3.8, 4) is 5.75 Å². The summed E-state index contributed by atoms with van der Waals surface area (Å²) in [6, 6.07) is 11.9. The topological polar surface area (TPSA) is 67.3 Å². The predicted octanol–water partition coefficient (Wildman–Crippen LogP) is 2.92. The van der Waals surface area contributed by atoms with Gasteiger partial charge in [-0.05, 0) is 29.8 Å². The van der Waals surface area contributed by atoms with E-state index in [9.17, 15) is 9.50 Å². The molecule has 0 spiro atoms. The third kappa shape index (κ3) is 3.22. The highest BCUT2D eigenvalue weighted by Gasteiger charge is 2.11. The molecule has 1 atom stereocenters. The number of aromatic nitrogens is 2. The smallest absolute Gasteiger partial charge is 0.149 e. The number of ether oxygens (including phenoxy) is 1. The van der Waals surface area contributed by atoms with Crippen molar-refractivity contribution in [2.75, 3.05) is 19.0 Å². The number of anilines is 1. The zero-order valence-corrected chi connectivity index (χ0v) is 12.5. The van der Waals surface area contributed by atoms with Crippen molar-refractivity contribution in [2.45, 2.75) is 6.10 Å². The maximum absolute atomic E-state index is 13.7. The van der Waals surface area contributed by atoms with Gasteiger partial charge in [-0.15, -0.1) is 0 Å². The van der Waals surface area contributed by atoms with Crippen LogP contribution < -0.4 is 10.1 Å². The molecule has 0 saturated heterocycles. The molecule has 1 unspecified atom stereocenters.